The molecule has 3 heteroatoms. The van der Waals surface area contributed by atoms with Crippen LogP contribution in [0.3, 0.4) is 0 Å². The minimum atomic E-state index is -0.600. The van der Waals surface area contributed by atoms with Gasteiger partial charge in [-0.05, 0) is 12.3 Å². The maximum absolute atomic E-state index is 10.7. The van der Waals surface area contributed by atoms with Gasteiger partial charge in [-0.15, -0.1) is 0 Å². The Morgan fingerprint density at radius 3 is 2.67 bits per heavy atom. The molecule has 1 radical (unpaired) electrons. The second kappa shape index (κ2) is 6.95. The number of ether oxygens (including phenoxy) is 2. The Hall–Kier alpha value is -0.730. The third-order valence-electron chi connectivity index (χ3n) is 1.15. The monoisotopic (exact) mass is 173 g/mol. The van der Waals surface area contributed by atoms with E-state index >= 15 is 0 Å². The molecule has 0 aromatic heterocycles. The van der Waals surface area contributed by atoms with Crippen molar-refractivity contribution in [1.82, 2.24) is 0 Å². The SMILES string of the molecule is CCCCOC(=O)O[CH]C(C)C. The van der Waals surface area contributed by atoms with Crippen LogP contribution in [0.5, 0.6) is 0 Å². The van der Waals surface area contributed by atoms with E-state index in [2.05, 4.69) is 4.74 Å². The molecule has 0 saturated heterocycles. The summed E-state index contributed by atoms with van der Waals surface area (Å²) in [6.07, 6.45) is 1.30. The van der Waals surface area contributed by atoms with Gasteiger partial charge in [-0.2, -0.15) is 0 Å². The van der Waals surface area contributed by atoms with Crippen LogP contribution in [0.25, 0.3) is 0 Å². The fourth-order valence-electron chi connectivity index (χ4n) is 0.525. The molecule has 0 fully saturated rings. The highest BCUT2D eigenvalue weighted by atomic mass is 16.7. The second-order valence-corrected chi connectivity index (χ2v) is 2.95. The number of carbonyl (C=O) groups is 1. The molecule has 71 valence electrons. The normalized spacial score (nSPS) is 10.0. The van der Waals surface area contributed by atoms with Gasteiger partial charge in [0, 0.05) is 0 Å². The second-order valence-electron chi connectivity index (χ2n) is 2.95. The van der Waals surface area contributed by atoms with Crippen molar-refractivity contribution in [2.24, 2.45) is 5.92 Å². The van der Waals surface area contributed by atoms with Crippen LogP contribution in [0.4, 0.5) is 4.79 Å². The Bertz CT molecular complexity index is 121. The lowest BCUT2D eigenvalue weighted by Gasteiger charge is -2.06. The highest BCUT2D eigenvalue weighted by Crippen LogP contribution is 2.00. The predicted molar refractivity (Wildman–Crippen MR) is 46.5 cm³/mol. The van der Waals surface area contributed by atoms with E-state index in [1.165, 1.54) is 6.61 Å². The van der Waals surface area contributed by atoms with E-state index in [0.29, 0.717) is 6.61 Å². The van der Waals surface area contributed by atoms with Gasteiger partial charge in [-0.25, -0.2) is 4.79 Å². The topological polar surface area (TPSA) is 35.5 Å². The number of hydrogen-bond donors (Lipinski definition) is 0. The molecule has 0 amide bonds. The van der Waals surface area contributed by atoms with E-state index in [4.69, 9.17) is 4.74 Å². The fourth-order valence-corrected chi connectivity index (χ4v) is 0.525. The molecule has 0 bridgehead atoms. The van der Waals surface area contributed by atoms with Gasteiger partial charge >= 0.3 is 6.16 Å². The molecule has 0 unspecified atom stereocenters. The lowest BCUT2D eigenvalue weighted by atomic mass is 10.2. The first kappa shape index (κ1) is 11.3. The largest absolute Gasteiger partial charge is 0.508 e. The first-order chi connectivity index (χ1) is 5.66. The Morgan fingerprint density at radius 1 is 1.50 bits per heavy atom. The van der Waals surface area contributed by atoms with E-state index in [1.54, 1.807) is 0 Å². The molecule has 0 aliphatic carbocycles. The van der Waals surface area contributed by atoms with Crippen molar-refractivity contribution in [2.75, 3.05) is 6.61 Å². The maximum atomic E-state index is 10.7. The maximum Gasteiger partial charge on any atom is 0.508 e. The van der Waals surface area contributed by atoms with Crippen molar-refractivity contribution in [2.45, 2.75) is 33.6 Å². The summed E-state index contributed by atoms with van der Waals surface area (Å²) in [6.45, 7) is 7.81. The van der Waals surface area contributed by atoms with Gasteiger partial charge in [-0.3, -0.25) is 0 Å². The van der Waals surface area contributed by atoms with E-state index in [0.717, 1.165) is 12.8 Å². The van der Waals surface area contributed by atoms with E-state index in [-0.39, 0.29) is 5.92 Å². The zero-order valence-corrected chi connectivity index (χ0v) is 8.00. The Kier molecular flexibility index (Phi) is 6.53. The van der Waals surface area contributed by atoms with Crippen molar-refractivity contribution in [3.8, 4) is 0 Å². The molecule has 12 heavy (non-hydrogen) atoms. The quantitative estimate of drug-likeness (QED) is 0.473. The fraction of sp³-hybridized carbons (Fsp3) is 0.778. The highest BCUT2D eigenvalue weighted by Gasteiger charge is 2.04. The van der Waals surface area contributed by atoms with Crippen molar-refractivity contribution in [1.29, 1.82) is 0 Å². The van der Waals surface area contributed by atoms with Gasteiger partial charge in [0.15, 0.2) is 0 Å². The molecule has 0 atom stereocenters. The van der Waals surface area contributed by atoms with Gasteiger partial charge in [0.1, 0.15) is 6.61 Å². The molecule has 3 nitrogen and oxygen atoms in total. The summed E-state index contributed by atoms with van der Waals surface area (Å²) in [5.41, 5.74) is 0. The molecule has 0 aromatic rings. The minimum absolute atomic E-state index is 0.240. The van der Waals surface area contributed by atoms with Gasteiger partial charge in [0.25, 0.3) is 0 Å². The van der Waals surface area contributed by atoms with E-state index in [9.17, 15) is 4.79 Å². The zero-order valence-electron chi connectivity index (χ0n) is 8.00. The molecule has 0 rings (SSSR count). The lowest BCUT2D eigenvalue weighted by Crippen LogP contribution is -2.08. The molecule has 0 heterocycles. The Morgan fingerprint density at radius 2 is 2.17 bits per heavy atom. The van der Waals surface area contributed by atoms with Crippen LogP contribution in [0.1, 0.15) is 33.6 Å². The standard InChI is InChI=1S/C9H17O3/c1-4-5-6-11-9(10)12-7-8(2)3/h7-8H,4-6H2,1-3H3. The zero-order chi connectivity index (χ0) is 9.40. The summed E-state index contributed by atoms with van der Waals surface area (Å²) >= 11 is 0. The Balaban J connectivity index is 3.22. The number of unbranched alkanes of at least 4 members (excludes halogenated alkanes) is 1. The van der Waals surface area contributed by atoms with Crippen LogP contribution in [-0.2, 0) is 9.47 Å². The van der Waals surface area contributed by atoms with Crippen LogP contribution < -0.4 is 0 Å². The smallest absolute Gasteiger partial charge is 0.434 e. The number of hydrogen-bond acceptors (Lipinski definition) is 3. The highest BCUT2D eigenvalue weighted by molar-refractivity contribution is 5.60. The molecule has 0 aliphatic rings. The number of rotatable bonds is 5. The van der Waals surface area contributed by atoms with Crippen LogP contribution >= 0.6 is 0 Å². The summed E-state index contributed by atoms with van der Waals surface area (Å²) < 4.78 is 9.40. The summed E-state index contributed by atoms with van der Waals surface area (Å²) in [6, 6.07) is 0. The van der Waals surface area contributed by atoms with Crippen LogP contribution in [0.15, 0.2) is 0 Å². The average Bonchev–Trinajstić information content (AvgIpc) is 2.01. The van der Waals surface area contributed by atoms with Gasteiger partial charge in [-0.1, -0.05) is 27.2 Å². The van der Waals surface area contributed by atoms with Crippen molar-refractivity contribution >= 4 is 6.16 Å². The van der Waals surface area contributed by atoms with Gasteiger partial charge in [0.05, 0.1) is 6.61 Å². The molecule has 0 saturated carbocycles. The predicted octanol–water partition coefficient (Wildman–Crippen LogP) is 2.76. The molecular weight excluding hydrogens is 156 g/mol. The molecule has 0 aromatic carbocycles. The van der Waals surface area contributed by atoms with E-state index < -0.39 is 6.16 Å². The Labute approximate surface area is 74.0 Å². The van der Waals surface area contributed by atoms with Crippen LogP contribution in [0.2, 0.25) is 0 Å². The molecule has 0 spiro atoms. The van der Waals surface area contributed by atoms with Crippen LogP contribution in [-0.4, -0.2) is 12.8 Å². The first-order valence-corrected chi connectivity index (χ1v) is 4.33. The van der Waals surface area contributed by atoms with Gasteiger partial charge < -0.3 is 9.47 Å². The molecular formula is C9H17O3. The molecule has 0 aliphatic heterocycles. The van der Waals surface area contributed by atoms with Crippen LogP contribution in [0, 0.1) is 12.5 Å². The molecule has 0 N–H and O–H groups in total. The van der Waals surface area contributed by atoms with E-state index in [1.807, 2.05) is 20.8 Å². The average molecular weight is 173 g/mol. The third-order valence-corrected chi connectivity index (χ3v) is 1.15. The summed E-state index contributed by atoms with van der Waals surface area (Å²) in [5.74, 6) is 0.240. The van der Waals surface area contributed by atoms with Crippen molar-refractivity contribution in [3.63, 3.8) is 0 Å². The van der Waals surface area contributed by atoms with Crippen molar-refractivity contribution in [3.05, 3.63) is 6.61 Å². The van der Waals surface area contributed by atoms with Crippen molar-refractivity contribution < 1.29 is 14.3 Å². The lowest BCUT2D eigenvalue weighted by molar-refractivity contribution is 0.0673. The minimum Gasteiger partial charge on any atom is -0.434 e. The summed E-state index contributed by atoms with van der Waals surface area (Å²) in [5, 5.41) is 0. The summed E-state index contributed by atoms with van der Waals surface area (Å²) in [4.78, 5) is 10.7. The number of carbonyl (C=O) groups excluding carboxylic acids is 1. The third kappa shape index (κ3) is 7.38. The summed E-state index contributed by atoms with van der Waals surface area (Å²) in [7, 11) is 0. The first-order valence-electron chi connectivity index (χ1n) is 4.33. The van der Waals surface area contributed by atoms with Gasteiger partial charge in [0.2, 0.25) is 0 Å².